The minimum Gasteiger partial charge on any atom is -0.398 e. The lowest BCUT2D eigenvalue weighted by Gasteiger charge is -2.09. The Kier molecular flexibility index (Phi) is 3.74. The zero-order valence-electron chi connectivity index (χ0n) is 10.3. The maximum Gasteiger partial charge on any atom is 0.0546 e. The van der Waals surface area contributed by atoms with E-state index in [1.807, 2.05) is 24.3 Å². The van der Waals surface area contributed by atoms with Crippen LogP contribution in [-0.2, 0) is 0 Å². The van der Waals surface area contributed by atoms with Gasteiger partial charge in [0, 0.05) is 43.7 Å². The van der Waals surface area contributed by atoms with Gasteiger partial charge in [0.1, 0.15) is 0 Å². The average molecular weight is 321 g/mol. The molecule has 5 heteroatoms. The molecule has 1 heterocycles. The van der Waals surface area contributed by atoms with E-state index in [1.54, 1.807) is 36.3 Å². The third kappa shape index (κ3) is 2.57. The SMILES string of the molecule is Nc1ccc(Sc2cc(Cl)ccc2Cl)c2ccncc12. The Hall–Kier alpha value is -1.42. The van der Waals surface area contributed by atoms with Crippen molar-refractivity contribution in [2.45, 2.75) is 9.79 Å². The fourth-order valence-corrected chi connectivity index (χ4v) is 3.43. The zero-order valence-corrected chi connectivity index (χ0v) is 12.6. The van der Waals surface area contributed by atoms with E-state index in [2.05, 4.69) is 4.98 Å². The summed E-state index contributed by atoms with van der Waals surface area (Å²) >= 11 is 13.8. The van der Waals surface area contributed by atoms with E-state index in [4.69, 9.17) is 28.9 Å². The van der Waals surface area contributed by atoms with Crippen molar-refractivity contribution in [1.82, 2.24) is 4.98 Å². The summed E-state index contributed by atoms with van der Waals surface area (Å²) in [7, 11) is 0. The van der Waals surface area contributed by atoms with Gasteiger partial charge in [-0.2, -0.15) is 0 Å². The Morgan fingerprint density at radius 3 is 2.65 bits per heavy atom. The highest BCUT2D eigenvalue weighted by Crippen LogP contribution is 2.39. The molecule has 0 unspecified atom stereocenters. The van der Waals surface area contributed by atoms with Crippen LogP contribution in [0.25, 0.3) is 10.8 Å². The lowest BCUT2D eigenvalue weighted by molar-refractivity contribution is 1.35. The minimum absolute atomic E-state index is 0.665. The second kappa shape index (κ2) is 5.52. The summed E-state index contributed by atoms with van der Waals surface area (Å²) < 4.78 is 0. The normalized spacial score (nSPS) is 10.9. The summed E-state index contributed by atoms with van der Waals surface area (Å²) in [4.78, 5) is 6.11. The van der Waals surface area contributed by atoms with Crippen LogP contribution in [-0.4, -0.2) is 4.98 Å². The summed E-state index contributed by atoms with van der Waals surface area (Å²) in [6.07, 6.45) is 3.53. The van der Waals surface area contributed by atoms with Gasteiger partial charge in [-0.3, -0.25) is 4.98 Å². The second-order valence-corrected chi connectivity index (χ2v) is 6.18. The summed E-state index contributed by atoms with van der Waals surface area (Å²) in [5, 5.41) is 3.34. The molecule has 3 rings (SSSR count). The molecule has 0 atom stereocenters. The third-order valence-electron chi connectivity index (χ3n) is 2.92. The molecule has 0 aliphatic heterocycles. The molecular weight excluding hydrogens is 311 g/mol. The van der Waals surface area contributed by atoms with Gasteiger partial charge in [0.25, 0.3) is 0 Å². The Morgan fingerprint density at radius 1 is 0.950 bits per heavy atom. The van der Waals surface area contributed by atoms with Gasteiger partial charge in [0.15, 0.2) is 0 Å². The molecule has 0 bridgehead atoms. The highest BCUT2D eigenvalue weighted by Gasteiger charge is 2.08. The van der Waals surface area contributed by atoms with Crippen molar-refractivity contribution in [3.05, 3.63) is 58.8 Å². The van der Waals surface area contributed by atoms with E-state index in [9.17, 15) is 0 Å². The number of halogens is 2. The van der Waals surface area contributed by atoms with Crippen LogP contribution in [0.3, 0.4) is 0 Å². The number of aromatic nitrogens is 1. The predicted molar refractivity (Wildman–Crippen MR) is 86.7 cm³/mol. The number of hydrogen-bond acceptors (Lipinski definition) is 3. The van der Waals surface area contributed by atoms with E-state index in [0.717, 1.165) is 26.3 Å². The number of benzene rings is 2. The number of nitrogens with two attached hydrogens (primary N) is 1. The summed E-state index contributed by atoms with van der Waals surface area (Å²) in [5.41, 5.74) is 6.69. The molecule has 0 saturated carbocycles. The van der Waals surface area contributed by atoms with Gasteiger partial charge in [-0.1, -0.05) is 35.0 Å². The molecule has 2 nitrogen and oxygen atoms in total. The first kappa shape index (κ1) is 13.6. The van der Waals surface area contributed by atoms with Crippen molar-refractivity contribution < 1.29 is 0 Å². The monoisotopic (exact) mass is 320 g/mol. The van der Waals surface area contributed by atoms with Gasteiger partial charge in [-0.15, -0.1) is 0 Å². The first-order valence-electron chi connectivity index (χ1n) is 5.90. The number of hydrogen-bond donors (Lipinski definition) is 1. The predicted octanol–water partition coefficient (Wildman–Crippen LogP) is 5.28. The van der Waals surface area contributed by atoms with E-state index in [-0.39, 0.29) is 0 Å². The molecule has 0 aliphatic carbocycles. The molecular formula is C15H10Cl2N2S. The number of anilines is 1. The topological polar surface area (TPSA) is 38.9 Å². The van der Waals surface area contributed by atoms with Crippen LogP contribution >= 0.6 is 35.0 Å². The Bertz CT molecular complexity index is 790. The van der Waals surface area contributed by atoms with E-state index in [0.29, 0.717) is 10.0 Å². The summed E-state index contributed by atoms with van der Waals surface area (Å²) in [6, 6.07) is 11.3. The van der Waals surface area contributed by atoms with Crippen molar-refractivity contribution >= 4 is 51.4 Å². The Balaban J connectivity index is 2.11. The van der Waals surface area contributed by atoms with Gasteiger partial charge < -0.3 is 5.73 Å². The Morgan fingerprint density at radius 2 is 1.80 bits per heavy atom. The molecule has 0 radical (unpaired) electrons. The summed E-state index contributed by atoms with van der Waals surface area (Å²) in [6.45, 7) is 0. The fourth-order valence-electron chi connectivity index (χ4n) is 1.95. The molecule has 2 aromatic carbocycles. The molecule has 3 aromatic rings. The average Bonchev–Trinajstić information content (AvgIpc) is 2.46. The lowest BCUT2D eigenvalue weighted by Crippen LogP contribution is -1.89. The number of fused-ring (bicyclic) bond motifs is 1. The van der Waals surface area contributed by atoms with Crippen LogP contribution in [0.1, 0.15) is 0 Å². The minimum atomic E-state index is 0.665. The number of nitrogens with zero attached hydrogens (tertiary/aromatic N) is 1. The standard InChI is InChI=1S/C15H10Cl2N2S/c16-9-1-2-12(17)15(7-9)20-14-4-3-13(18)11-8-19-6-5-10(11)14/h1-8H,18H2. The molecule has 0 spiro atoms. The molecule has 0 fully saturated rings. The first-order valence-corrected chi connectivity index (χ1v) is 7.47. The molecule has 1 aromatic heterocycles. The number of pyridine rings is 1. The zero-order chi connectivity index (χ0) is 14.1. The van der Waals surface area contributed by atoms with Gasteiger partial charge in [-0.05, 0) is 36.4 Å². The van der Waals surface area contributed by atoms with E-state index in [1.165, 1.54) is 0 Å². The van der Waals surface area contributed by atoms with Crippen LogP contribution in [0, 0.1) is 0 Å². The van der Waals surface area contributed by atoms with E-state index >= 15 is 0 Å². The molecule has 0 aliphatic rings. The molecule has 0 saturated heterocycles. The van der Waals surface area contributed by atoms with Crippen LogP contribution in [0.2, 0.25) is 10.0 Å². The quantitative estimate of drug-likeness (QED) is 0.653. The lowest BCUT2D eigenvalue weighted by atomic mass is 10.1. The largest absolute Gasteiger partial charge is 0.398 e. The highest BCUT2D eigenvalue weighted by atomic mass is 35.5. The Labute approximate surface area is 130 Å². The highest BCUT2D eigenvalue weighted by molar-refractivity contribution is 7.99. The van der Waals surface area contributed by atoms with Gasteiger partial charge in [0.05, 0.1) is 5.02 Å². The van der Waals surface area contributed by atoms with Crippen LogP contribution < -0.4 is 5.73 Å². The fraction of sp³-hybridized carbons (Fsp3) is 0. The molecule has 100 valence electrons. The second-order valence-electron chi connectivity index (χ2n) is 4.25. The van der Waals surface area contributed by atoms with Crippen LogP contribution in [0.4, 0.5) is 5.69 Å². The number of rotatable bonds is 2. The van der Waals surface area contributed by atoms with Crippen LogP contribution in [0.15, 0.2) is 58.6 Å². The van der Waals surface area contributed by atoms with Crippen molar-refractivity contribution in [3.8, 4) is 0 Å². The van der Waals surface area contributed by atoms with Crippen molar-refractivity contribution in [2.24, 2.45) is 0 Å². The van der Waals surface area contributed by atoms with Gasteiger partial charge in [0.2, 0.25) is 0 Å². The molecule has 20 heavy (non-hydrogen) atoms. The van der Waals surface area contributed by atoms with Crippen LogP contribution in [0.5, 0.6) is 0 Å². The van der Waals surface area contributed by atoms with Gasteiger partial charge >= 0.3 is 0 Å². The third-order valence-corrected chi connectivity index (χ3v) is 4.74. The molecule has 2 N–H and O–H groups in total. The maximum atomic E-state index is 6.21. The van der Waals surface area contributed by atoms with Crippen molar-refractivity contribution in [2.75, 3.05) is 5.73 Å². The summed E-state index contributed by atoms with van der Waals surface area (Å²) in [5.74, 6) is 0. The van der Waals surface area contributed by atoms with E-state index < -0.39 is 0 Å². The molecule has 0 amide bonds. The number of nitrogen functional groups attached to an aromatic ring is 1. The van der Waals surface area contributed by atoms with Crippen molar-refractivity contribution in [1.29, 1.82) is 0 Å². The maximum absolute atomic E-state index is 6.21. The smallest absolute Gasteiger partial charge is 0.0546 e. The first-order chi connectivity index (χ1) is 9.65. The van der Waals surface area contributed by atoms with Crippen molar-refractivity contribution in [3.63, 3.8) is 0 Å². The van der Waals surface area contributed by atoms with Gasteiger partial charge in [-0.25, -0.2) is 0 Å².